The lowest BCUT2D eigenvalue weighted by atomic mass is 9.80. The van der Waals surface area contributed by atoms with Crippen LogP contribution in [0.2, 0.25) is 0 Å². The van der Waals surface area contributed by atoms with Gasteiger partial charge in [-0.3, -0.25) is 0 Å². The molecule has 0 aromatic rings. The summed E-state index contributed by atoms with van der Waals surface area (Å²) in [5.74, 6) is 1.29. The highest BCUT2D eigenvalue weighted by Crippen LogP contribution is 2.31. The molecule has 0 saturated heterocycles. The summed E-state index contributed by atoms with van der Waals surface area (Å²) in [6, 6.07) is 0. The molecule has 1 fully saturated rings. The van der Waals surface area contributed by atoms with Gasteiger partial charge in [-0.15, -0.1) is 0 Å². The van der Waals surface area contributed by atoms with Gasteiger partial charge in [0.05, 0.1) is 0 Å². The van der Waals surface area contributed by atoms with E-state index in [0.29, 0.717) is 0 Å². The molecule has 80 valence electrons. The van der Waals surface area contributed by atoms with Crippen LogP contribution in [0.4, 0.5) is 0 Å². The van der Waals surface area contributed by atoms with E-state index >= 15 is 0 Å². The molecule has 0 unspecified atom stereocenters. The third-order valence-corrected chi connectivity index (χ3v) is 3.11. The second-order valence-corrected chi connectivity index (χ2v) is 4.42. The predicted octanol–water partition coefficient (Wildman–Crippen LogP) is 2.93. The molecule has 0 N–H and O–H groups in total. The number of hydrogen-bond acceptors (Lipinski definition) is 2. The summed E-state index contributed by atoms with van der Waals surface area (Å²) in [5.41, 5.74) is 0. The van der Waals surface area contributed by atoms with E-state index < -0.39 is 0 Å². The van der Waals surface area contributed by atoms with Crippen LogP contribution >= 0.6 is 0 Å². The number of rotatable bonds is 3. The summed E-state index contributed by atoms with van der Waals surface area (Å²) in [5, 5.41) is 0. The van der Waals surface area contributed by atoms with Gasteiger partial charge in [-0.2, -0.15) is 0 Å². The van der Waals surface area contributed by atoms with E-state index in [2.05, 4.69) is 20.4 Å². The van der Waals surface area contributed by atoms with Crippen molar-refractivity contribution in [3.05, 3.63) is 12.7 Å². The minimum absolute atomic E-state index is 0.135. The van der Waals surface area contributed by atoms with Crippen LogP contribution in [0.1, 0.15) is 39.5 Å². The number of esters is 1. The molecule has 0 spiro atoms. The Kier molecular flexibility index (Phi) is 4.18. The fraction of sp³-hybridized carbons (Fsp3) is 0.750. The van der Waals surface area contributed by atoms with Gasteiger partial charge in [-0.1, -0.05) is 20.4 Å². The number of ether oxygens (including phenoxy) is 1. The number of carbonyl (C=O) groups excluding carboxylic acids is 1. The average molecular weight is 196 g/mol. The van der Waals surface area contributed by atoms with Crippen molar-refractivity contribution in [3.63, 3.8) is 0 Å². The Hall–Kier alpha value is -0.790. The van der Waals surface area contributed by atoms with Crippen molar-refractivity contribution in [2.45, 2.75) is 45.6 Å². The van der Waals surface area contributed by atoms with Crippen LogP contribution in [-0.2, 0) is 9.53 Å². The first-order valence-electron chi connectivity index (χ1n) is 5.46. The highest BCUT2D eigenvalue weighted by Gasteiger charge is 2.24. The van der Waals surface area contributed by atoms with Gasteiger partial charge in [0.2, 0.25) is 0 Å². The van der Waals surface area contributed by atoms with Gasteiger partial charge in [-0.05, 0) is 37.5 Å². The van der Waals surface area contributed by atoms with E-state index in [1.165, 1.54) is 18.9 Å². The van der Waals surface area contributed by atoms with E-state index in [4.69, 9.17) is 4.74 Å². The lowest BCUT2D eigenvalue weighted by Crippen LogP contribution is -2.25. The zero-order valence-electron chi connectivity index (χ0n) is 9.16. The van der Waals surface area contributed by atoms with Crippen LogP contribution in [0.25, 0.3) is 0 Å². The van der Waals surface area contributed by atoms with E-state index in [1.807, 2.05) is 0 Å². The lowest BCUT2D eigenvalue weighted by Gasteiger charge is -2.30. The van der Waals surface area contributed by atoms with Gasteiger partial charge in [-0.25, -0.2) is 4.79 Å². The molecule has 0 radical (unpaired) electrons. The summed E-state index contributed by atoms with van der Waals surface area (Å²) in [6.45, 7) is 7.92. The van der Waals surface area contributed by atoms with Gasteiger partial charge >= 0.3 is 5.97 Å². The minimum Gasteiger partial charge on any atom is -0.459 e. The first-order chi connectivity index (χ1) is 6.63. The third kappa shape index (κ3) is 3.17. The number of hydrogen-bond donors (Lipinski definition) is 0. The molecule has 1 saturated carbocycles. The molecular weight excluding hydrogens is 176 g/mol. The second-order valence-electron chi connectivity index (χ2n) is 4.42. The molecule has 2 nitrogen and oxygen atoms in total. The molecule has 0 aromatic heterocycles. The average Bonchev–Trinajstić information content (AvgIpc) is 2.18. The smallest absolute Gasteiger partial charge is 0.330 e. The molecule has 2 heteroatoms. The molecular formula is C12H20O2. The van der Waals surface area contributed by atoms with E-state index in [-0.39, 0.29) is 12.1 Å². The predicted molar refractivity (Wildman–Crippen MR) is 56.9 cm³/mol. The Balaban J connectivity index is 2.28. The van der Waals surface area contributed by atoms with Crippen molar-refractivity contribution in [1.82, 2.24) is 0 Å². The minimum atomic E-state index is -0.280. The Morgan fingerprint density at radius 1 is 1.36 bits per heavy atom. The largest absolute Gasteiger partial charge is 0.459 e. The standard InChI is InChI=1S/C12H20O2/c1-4-12(13)14-11-7-5-10(6-8-11)9(2)3/h4,9-11H,1,5-8H2,2-3H3. The van der Waals surface area contributed by atoms with Gasteiger partial charge in [0, 0.05) is 6.08 Å². The fourth-order valence-corrected chi connectivity index (χ4v) is 2.09. The molecule has 0 amide bonds. The topological polar surface area (TPSA) is 26.3 Å². The molecule has 0 aromatic carbocycles. The van der Waals surface area contributed by atoms with Crippen LogP contribution in [-0.4, -0.2) is 12.1 Å². The summed E-state index contributed by atoms with van der Waals surface area (Å²) < 4.78 is 5.21. The summed E-state index contributed by atoms with van der Waals surface area (Å²) in [4.78, 5) is 11.0. The van der Waals surface area contributed by atoms with Gasteiger partial charge in [0.25, 0.3) is 0 Å². The Morgan fingerprint density at radius 2 is 1.93 bits per heavy atom. The van der Waals surface area contributed by atoms with E-state index in [1.54, 1.807) is 0 Å². The fourth-order valence-electron chi connectivity index (χ4n) is 2.09. The normalized spacial score (nSPS) is 27.4. The molecule has 14 heavy (non-hydrogen) atoms. The van der Waals surface area contributed by atoms with E-state index in [0.717, 1.165) is 24.7 Å². The van der Waals surface area contributed by atoms with Gasteiger partial charge < -0.3 is 4.74 Å². The molecule has 0 atom stereocenters. The second kappa shape index (κ2) is 5.18. The highest BCUT2D eigenvalue weighted by atomic mass is 16.5. The van der Waals surface area contributed by atoms with E-state index in [9.17, 15) is 4.79 Å². The maximum absolute atomic E-state index is 11.0. The van der Waals surface area contributed by atoms with Crippen molar-refractivity contribution < 1.29 is 9.53 Å². The van der Waals surface area contributed by atoms with Crippen molar-refractivity contribution in [1.29, 1.82) is 0 Å². The summed E-state index contributed by atoms with van der Waals surface area (Å²) >= 11 is 0. The zero-order chi connectivity index (χ0) is 10.6. The van der Waals surface area contributed by atoms with Crippen LogP contribution < -0.4 is 0 Å². The van der Waals surface area contributed by atoms with Crippen molar-refractivity contribution in [2.75, 3.05) is 0 Å². The summed E-state index contributed by atoms with van der Waals surface area (Å²) in [7, 11) is 0. The Bertz CT molecular complexity index is 200. The maximum atomic E-state index is 11.0. The molecule has 1 aliphatic carbocycles. The SMILES string of the molecule is C=CC(=O)OC1CCC(C(C)C)CC1. The van der Waals surface area contributed by atoms with Crippen LogP contribution in [0, 0.1) is 11.8 Å². The monoisotopic (exact) mass is 196 g/mol. The first kappa shape index (κ1) is 11.3. The molecule has 1 rings (SSSR count). The van der Waals surface area contributed by atoms with Crippen LogP contribution in [0.15, 0.2) is 12.7 Å². The van der Waals surface area contributed by atoms with Gasteiger partial charge in [0.15, 0.2) is 0 Å². The van der Waals surface area contributed by atoms with Gasteiger partial charge in [0.1, 0.15) is 6.10 Å². The van der Waals surface area contributed by atoms with Crippen molar-refractivity contribution >= 4 is 5.97 Å². The van der Waals surface area contributed by atoms with Crippen molar-refractivity contribution in [2.24, 2.45) is 11.8 Å². The maximum Gasteiger partial charge on any atom is 0.330 e. The quantitative estimate of drug-likeness (QED) is 0.512. The lowest BCUT2D eigenvalue weighted by molar-refractivity contribution is -0.144. The first-order valence-corrected chi connectivity index (χ1v) is 5.46. The zero-order valence-corrected chi connectivity index (χ0v) is 9.16. The molecule has 0 heterocycles. The van der Waals surface area contributed by atoms with Crippen LogP contribution in [0.3, 0.4) is 0 Å². The summed E-state index contributed by atoms with van der Waals surface area (Å²) in [6.07, 6.45) is 5.79. The molecule has 0 aliphatic heterocycles. The highest BCUT2D eigenvalue weighted by molar-refractivity contribution is 5.81. The molecule has 0 bridgehead atoms. The Morgan fingerprint density at radius 3 is 2.36 bits per heavy atom. The molecule has 1 aliphatic rings. The Labute approximate surface area is 86.3 Å². The van der Waals surface area contributed by atoms with Crippen LogP contribution in [0.5, 0.6) is 0 Å². The van der Waals surface area contributed by atoms with Crippen molar-refractivity contribution in [3.8, 4) is 0 Å². The third-order valence-electron chi connectivity index (χ3n) is 3.11. The number of carbonyl (C=O) groups is 1.